The number of benzene rings is 2. The van der Waals surface area contributed by atoms with Crippen molar-refractivity contribution in [1.29, 1.82) is 0 Å². The summed E-state index contributed by atoms with van der Waals surface area (Å²) in [6.45, 7) is 2.76. The number of rotatable bonds is 6. The van der Waals surface area contributed by atoms with E-state index < -0.39 is 6.04 Å². The Labute approximate surface area is 175 Å². The van der Waals surface area contributed by atoms with Gasteiger partial charge in [0.2, 0.25) is 5.91 Å². The van der Waals surface area contributed by atoms with Gasteiger partial charge in [-0.3, -0.25) is 9.59 Å². The molecule has 30 heavy (non-hydrogen) atoms. The zero-order valence-corrected chi connectivity index (χ0v) is 16.9. The molecule has 2 aromatic carbocycles. The predicted octanol–water partition coefficient (Wildman–Crippen LogP) is 3.37. The molecule has 0 saturated carbocycles. The molecule has 0 radical (unpaired) electrons. The van der Waals surface area contributed by atoms with Crippen LogP contribution in [0.4, 0.5) is 0 Å². The highest BCUT2D eigenvalue weighted by Crippen LogP contribution is 2.29. The van der Waals surface area contributed by atoms with E-state index in [0.717, 1.165) is 11.9 Å². The monoisotopic (exact) mass is 403 g/mol. The van der Waals surface area contributed by atoms with Gasteiger partial charge in [-0.2, -0.15) is 0 Å². The summed E-state index contributed by atoms with van der Waals surface area (Å²) in [7, 11) is 0. The molecule has 6 nitrogen and oxygen atoms in total. The van der Waals surface area contributed by atoms with Crippen molar-refractivity contribution in [2.45, 2.75) is 19.4 Å². The number of nitrogens with zero attached hydrogens (tertiary/aromatic N) is 1. The molecule has 0 bridgehead atoms. The Bertz CT molecular complexity index is 1070. The predicted molar refractivity (Wildman–Crippen MR) is 117 cm³/mol. The van der Waals surface area contributed by atoms with Crippen molar-refractivity contribution in [2.75, 3.05) is 19.7 Å². The lowest BCUT2D eigenvalue weighted by atomic mass is 9.98. The second kappa shape index (κ2) is 8.86. The molecule has 6 heteroatoms. The summed E-state index contributed by atoms with van der Waals surface area (Å²) in [5.41, 5.74) is 3.54. The molecule has 1 aliphatic heterocycles. The largest absolute Gasteiger partial charge is 0.484 e. The highest BCUT2D eigenvalue weighted by atomic mass is 16.5. The number of nitrogens with one attached hydrogen (secondary N) is 2. The van der Waals surface area contributed by atoms with Crippen LogP contribution in [0.3, 0.4) is 0 Å². The molecule has 2 heterocycles. The standard InChI is InChI=1S/C24H25N3O3/c1-17(26-23(28)16-30-19-7-3-2-4-8-19)24(29)27-13-11-18(12-14-27)21-15-25-22-10-6-5-9-20(21)22/h2-11,15,17,25H,12-14,16H2,1H3,(H,26,28)/t17-/m0/s1. The van der Waals surface area contributed by atoms with Crippen LogP contribution < -0.4 is 10.1 Å². The first-order chi connectivity index (χ1) is 14.6. The average molecular weight is 403 g/mol. The number of carbonyl (C=O) groups excluding carboxylic acids is 2. The summed E-state index contributed by atoms with van der Waals surface area (Å²) in [6, 6.07) is 16.7. The molecule has 1 atom stereocenters. The fourth-order valence-corrected chi connectivity index (χ4v) is 3.74. The second-order valence-corrected chi connectivity index (χ2v) is 7.40. The molecule has 154 valence electrons. The van der Waals surface area contributed by atoms with Crippen LogP contribution in [-0.2, 0) is 9.59 Å². The van der Waals surface area contributed by atoms with Gasteiger partial charge in [0.05, 0.1) is 0 Å². The van der Waals surface area contributed by atoms with Crippen LogP contribution in [0.15, 0.2) is 66.9 Å². The van der Waals surface area contributed by atoms with E-state index in [4.69, 9.17) is 4.74 Å². The van der Waals surface area contributed by atoms with E-state index in [1.807, 2.05) is 36.5 Å². The molecular formula is C24H25N3O3. The van der Waals surface area contributed by atoms with Crippen LogP contribution in [0.2, 0.25) is 0 Å². The van der Waals surface area contributed by atoms with Crippen LogP contribution >= 0.6 is 0 Å². The van der Waals surface area contributed by atoms with Gasteiger partial charge in [0, 0.05) is 35.8 Å². The summed E-state index contributed by atoms with van der Waals surface area (Å²) in [5, 5.41) is 3.93. The van der Waals surface area contributed by atoms with Gasteiger partial charge in [-0.05, 0) is 37.1 Å². The lowest BCUT2D eigenvalue weighted by molar-refractivity contribution is -0.136. The number of hydrogen-bond acceptors (Lipinski definition) is 3. The number of para-hydroxylation sites is 2. The Morgan fingerprint density at radius 1 is 1.13 bits per heavy atom. The summed E-state index contributed by atoms with van der Waals surface area (Å²) in [4.78, 5) is 30.0. The van der Waals surface area contributed by atoms with Crippen LogP contribution in [-0.4, -0.2) is 47.4 Å². The molecular weight excluding hydrogens is 378 g/mol. The zero-order valence-electron chi connectivity index (χ0n) is 16.9. The van der Waals surface area contributed by atoms with E-state index in [0.29, 0.717) is 18.8 Å². The highest BCUT2D eigenvalue weighted by molar-refractivity contribution is 5.93. The average Bonchev–Trinajstić information content (AvgIpc) is 3.22. The maximum absolute atomic E-state index is 12.7. The molecule has 1 aliphatic rings. The quantitative estimate of drug-likeness (QED) is 0.663. The van der Waals surface area contributed by atoms with E-state index >= 15 is 0 Å². The molecule has 3 aromatic rings. The minimum Gasteiger partial charge on any atom is -0.484 e. The van der Waals surface area contributed by atoms with Gasteiger partial charge < -0.3 is 19.9 Å². The molecule has 0 spiro atoms. The van der Waals surface area contributed by atoms with Gasteiger partial charge >= 0.3 is 0 Å². The summed E-state index contributed by atoms with van der Waals surface area (Å²) < 4.78 is 5.44. The fourth-order valence-electron chi connectivity index (χ4n) is 3.74. The minimum atomic E-state index is -0.597. The van der Waals surface area contributed by atoms with Crippen molar-refractivity contribution in [2.24, 2.45) is 0 Å². The topological polar surface area (TPSA) is 74.4 Å². The van der Waals surface area contributed by atoms with E-state index in [9.17, 15) is 9.59 Å². The molecule has 0 unspecified atom stereocenters. The molecule has 2 amide bonds. The minimum absolute atomic E-state index is 0.0858. The lowest BCUT2D eigenvalue weighted by Gasteiger charge is -2.29. The maximum atomic E-state index is 12.7. The van der Waals surface area contributed by atoms with E-state index in [1.165, 1.54) is 16.5 Å². The number of aromatic amines is 1. The number of hydrogen-bond donors (Lipinski definition) is 2. The summed E-state index contributed by atoms with van der Waals surface area (Å²) >= 11 is 0. The summed E-state index contributed by atoms with van der Waals surface area (Å²) in [5.74, 6) is 0.224. The molecule has 4 rings (SSSR count). The first-order valence-electron chi connectivity index (χ1n) is 10.1. The Hall–Kier alpha value is -3.54. The van der Waals surface area contributed by atoms with Crippen LogP contribution in [0.5, 0.6) is 5.75 Å². The second-order valence-electron chi connectivity index (χ2n) is 7.40. The van der Waals surface area contributed by atoms with Crippen molar-refractivity contribution in [3.8, 4) is 5.75 Å². The number of H-pyrrole nitrogens is 1. The van der Waals surface area contributed by atoms with E-state index in [2.05, 4.69) is 28.5 Å². The Balaban J connectivity index is 1.31. The van der Waals surface area contributed by atoms with Gasteiger partial charge in [-0.15, -0.1) is 0 Å². The number of aromatic nitrogens is 1. The zero-order chi connectivity index (χ0) is 20.9. The highest BCUT2D eigenvalue weighted by Gasteiger charge is 2.24. The number of amides is 2. The Morgan fingerprint density at radius 2 is 1.90 bits per heavy atom. The Morgan fingerprint density at radius 3 is 2.67 bits per heavy atom. The molecule has 0 fully saturated rings. The molecule has 2 N–H and O–H groups in total. The number of ether oxygens (including phenoxy) is 1. The van der Waals surface area contributed by atoms with Crippen molar-refractivity contribution in [1.82, 2.24) is 15.2 Å². The van der Waals surface area contributed by atoms with E-state index in [-0.39, 0.29) is 18.4 Å². The smallest absolute Gasteiger partial charge is 0.258 e. The third kappa shape index (κ3) is 4.38. The van der Waals surface area contributed by atoms with Crippen molar-refractivity contribution in [3.63, 3.8) is 0 Å². The van der Waals surface area contributed by atoms with E-state index in [1.54, 1.807) is 24.0 Å². The first kappa shape index (κ1) is 19.8. The van der Waals surface area contributed by atoms with Crippen molar-refractivity contribution in [3.05, 3.63) is 72.4 Å². The third-order valence-electron chi connectivity index (χ3n) is 5.32. The van der Waals surface area contributed by atoms with Crippen LogP contribution in [0, 0.1) is 0 Å². The maximum Gasteiger partial charge on any atom is 0.258 e. The molecule has 1 aromatic heterocycles. The third-order valence-corrected chi connectivity index (χ3v) is 5.32. The lowest BCUT2D eigenvalue weighted by Crippen LogP contribution is -2.49. The Kier molecular flexibility index (Phi) is 5.84. The van der Waals surface area contributed by atoms with Gasteiger partial charge in [-0.25, -0.2) is 0 Å². The van der Waals surface area contributed by atoms with Gasteiger partial charge in [0.1, 0.15) is 11.8 Å². The van der Waals surface area contributed by atoms with Crippen LogP contribution in [0.1, 0.15) is 18.9 Å². The molecule has 0 aliphatic carbocycles. The normalized spacial score (nSPS) is 14.8. The van der Waals surface area contributed by atoms with Crippen molar-refractivity contribution < 1.29 is 14.3 Å². The fraction of sp³-hybridized carbons (Fsp3) is 0.250. The number of fused-ring (bicyclic) bond motifs is 1. The van der Waals surface area contributed by atoms with Gasteiger partial charge in [0.25, 0.3) is 5.91 Å². The summed E-state index contributed by atoms with van der Waals surface area (Å²) in [6.07, 6.45) is 4.92. The van der Waals surface area contributed by atoms with Gasteiger partial charge in [-0.1, -0.05) is 42.5 Å². The van der Waals surface area contributed by atoms with Gasteiger partial charge in [0.15, 0.2) is 6.61 Å². The number of carbonyl (C=O) groups is 2. The van der Waals surface area contributed by atoms with Crippen molar-refractivity contribution >= 4 is 28.3 Å². The first-order valence-corrected chi connectivity index (χ1v) is 10.1. The SMILES string of the molecule is C[C@H](NC(=O)COc1ccccc1)C(=O)N1CC=C(c2c[nH]c3ccccc23)CC1. The van der Waals surface area contributed by atoms with Crippen LogP contribution in [0.25, 0.3) is 16.5 Å². The molecule has 0 saturated heterocycles.